The molecule has 0 aliphatic rings. The zero-order chi connectivity index (χ0) is 12.7. The minimum Gasteiger partial charge on any atom is -0.492 e. The molecule has 0 N–H and O–H groups in total. The number of nitrogens with zero attached hydrogens (tertiary/aromatic N) is 1. The number of alkyl halides is 1. The Kier molecular flexibility index (Phi) is 5.50. The maximum atomic E-state index is 8.98. The molecule has 0 radical (unpaired) electrons. The number of ether oxygens (including phenoxy) is 1. The second-order valence-corrected chi connectivity index (χ2v) is 4.80. The van der Waals surface area contributed by atoms with Gasteiger partial charge in [0.2, 0.25) is 0 Å². The van der Waals surface area contributed by atoms with Crippen molar-refractivity contribution in [1.82, 2.24) is 0 Å². The van der Waals surface area contributed by atoms with E-state index in [0.717, 1.165) is 18.2 Å². The first-order valence-corrected chi connectivity index (χ1v) is 7.01. The second kappa shape index (κ2) is 6.66. The lowest BCUT2D eigenvalue weighted by Gasteiger charge is -2.29. The lowest BCUT2D eigenvalue weighted by atomic mass is 9.86. The van der Waals surface area contributed by atoms with Crippen LogP contribution in [0.15, 0.2) is 24.3 Å². The summed E-state index contributed by atoms with van der Waals surface area (Å²) in [5.74, 6) is 0.683. The normalized spacial score (nSPS) is 10.9. The van der Waals surface area contributed by atoms with Gasteiger partial charge in [0, 0.05) is 10.7 Å². The highest BCUT2D eigenvalue weighted by atomic mass is 79.9. The Bertz CT molecular complexity index is 385. The van der Waals surface area contributed by atoms with Crippen molar-refractivity contribution in [1.29, 1.82) is 5.26 Å². The van der Waals surface area contributed by atoms with Gasteiger partial charge in [0.15, 0.2) is 0 Å². The molecular weight excluding hydrogens is 278 g/mol. The van der Waals surface area contributed by atoms with Crippen molar-refractivity contribution in [3.8, 4) is 11.8 Å². The molecule has 0 aromatic heterocycles. The van der Waals surface area contributed by atoms with Crippen LogP contribution in [0.5, 0.6) is 5.75 Å². The number of benzene rings is 1. The fourth-order valence-corrected chi connectivity index (χ4v) is 2.55. The van der Waals surface area contributed by atoms with Crippen LogP contribution in [-0.4, -0.2) is 11.9 Å². The Labute approximate surface area is 112 Å². The lowest BCUT2D eigenvalue weighted by molar-refractivity contribution is 0.157. The fourth-order valence-electron chi connectivity index (χ4n) is 1.60. The molecule has 3 heteroatoms. The number of hydrogen-bond donors (Lipinski definition) is 0. The zero-order valence-corrected chi connectivity index (χ0v) is 12.0. The summed E-state index contributed by atoms with van der Waals surface area (Å²) in [5.41, 5.74) is 0.755. The number of hydrogen-bond acceptors (Lipinski definition) is 2. The average Bonchev–Trinajstić information content (AvgIpc) is 2.41. The minimum absolute atomic E-state index is 0.155. The van der Waals surface area contributed by atoms with E-state index in [9.17, 15) is 0 Å². The number of para-hydroxylation sites is 1. The van der Waals surface area contributed by atoms with E-state index in [4.69, 9.17) is 10.00 Å². The van der Waals surface area contributed by atoms with Crippen LogP contribution in [0, 0.1) is 16.7 Å². The molecule has 1 aromatic rings. The van der Waals surface area contributed by atoms with E-state index in [1.165, 1.54) is 0 Å². The number of halogens is 1. The molecule has 1 aromatic carbocycles. The molecule has 0 spiro atoms. The molecule has 0 unspecified atom stereocenters. The Hall–Kier alpha value is -1.01. The van der Waals surface area contributed by atoms with Crippen molar-refractivity contribution in [3.63, 3.8) is 0 Å². The smallest absolute Gasteiger partial charge is 0.137 e. The lowest BCUT2D eigenvalue weighted by Crippen LogP contribution is -2.29. The average molecular weight is 296 g/mol. The van der Waals surface area contributed by atoms with E-state index in [1.54, 1.807) is 6.07 Å². The first-order chi connectivity index (χ1) is 8.21. The molecule has 0 bridgehead atoms. The van der Waals surface area contributed by atoms with Crippen LogP contribution in [0.4, 0.5) is 0 Å². The van der Waals surface area contributed by atoms with Gasteiger partial charge in [-0.3, -0.25) is 0 Å². The monoisotopic (exact) mass is 295 g/mol. The summed E-state index contributed by atoms with van der Waals surface area (Å²) in [6, 6.07) is 9.52. The highest BCUT2D eigenvalue weighted by Crippen LogP contribution is 2.30. The SMILES string of the molecule is CCC(CC)(CBr)COc1ccccc1C#N. The van der Waals surface area contributed by atoms with Crippen molar-refractivity contribution in [3.05, 3.63) is 29.8 Å². The van der Waals surface area contributed by atoms with Crippen LogP contribution in [0.25, 0.3) is 0 Å². The molecule has 0 saturated heterocycles. The summed E-state index contributed by atoms with van der Waals surface area (Å²) in [6.45, 7) is 4.98. The molecule has 0 aliphatic carbocycles. The van der Waals surface area contributed by atoms with Crippen molar-refractivity contribution >= 4 is 15.9 Å². The standard InChI is InChI=1S/C14H18BrNO/c1-3-14(4-2,10-15)11-17-13-8-6-5-7-12(13)9-16/h5-8H,3-4,10-11H2,1-2H3. The van der Waals surface area contributed by atoms with Gasteiger partial charge in [-0.05, 0) is 25.0 Å². The van der Waals surface area contributed by atoms with Crippen molar-refractivity contribution in [2.24, 2.45) is 5.41 Å². The Balaban J connectivity index is 2.76. The number of nitriles is 1. The van der Waals surface area contributed by atoms with E-state index in [1.807, 2.05) is 18.2 Å². The Morgan fingerprint density at radius 1 is 1.29 bits per heavy atom. The highest BCUT2D eigenvalue weighted by molar-refractivity contribution is 9.09. The molecule has 1 rings (SSSR count). The predicted octanol–water partition coefficient (Wildman–Crippen LogP) is 4.14. The Morgan fingerprint density at radius 3 is 2.47 bits per heavy atom. The second-order valence-electron chi connectivity index (χ2n) is 4.24. The summed E-state index contributed by atoms with van der Waals surface area (Å²) in [5, 5.41) is 9.90. The van der Waals surface area contributed by atoms with Gasteiger partial charge < -0.3 is 4.74 Å². The largest absolute Gasteiger partial charge is 0.492 e. The van der Waals surface area contributed by atoms with Gasteiger partial charge in [-0.2, -0.15) is 5.26 Å². The van der Waals surface area contributed by atoms with E-state index in [0.29, 0.717) is 17.9 Å². The summed E-state index contributed by atoms with van der Waals surface area (Å²) >= 11 is 3.56. The molecule has 17 heavy (non-hydrogen) atoms. The zero-order valence-electron chi connectivity index (χ0n) is 10.4. The quantitative estimate of drug-likeness (QED) is 0.739. The van der Waals surface area contributed by atoms with Crippen LogP contribution in [-0.2, 0) is 0 Å². The topological polar surface area (TPSA) is 33.0 Å². The van der Waals surface area contributed by atoms with Gasteiger partial charge in [-0.15, -0.1) is 0 Å². The van der Waals surface area contributed by atoms with Gasteiger partial charge >= 0.3 is 0 Å². The summed E-state index contributed by atoms with van der Waals surface area (Å²) < 4.78 is 5.81. The molecule has 0 fully saturated rings. The molecule has 0 aliphatic heterocycles. The van der Waals surface area contributed by atoms with Crippen LogP contribution in [0.1, 0.15) is 32.3 Å². The van der Waals surface area contributed by atoms with Gasteiger partial charge in [0.25, 0.3) is 0 Å². The molecule has 92 valence electrons. The summed E-state index contributed by atoms with van der Waals surface area (Å²) in [4.78, 5) is 0. The van der Waals surface area contributed by atoms with Crippen molar-refractivity contribution < 1.29 is 4.74 Å². The van der Waals surface area contributed by atoms with Crippen molar-refractivity contribution in [2.45, 2.75) is 26.7 Å². The molecule has 2 nitrogen and oxygen atoms in total. The fraction of sp³-hybridized carbons (Fsp3) is 0.500. The minimum atomic E-state index is 0.155. The predicted molar refractivity (Wildman–Crippen MR) is 73.5 cm³/mol. The highest BCUT2D eigenvalue weighted by Gasteiger charge is 2.26. The van der Waals surface area contributed by atoms with Crippen LogP contribution in [0.2, 0.25) is 0 Å². The molecular formula is C14H18BrNO. The van der Waals surface area contributed by atoms with E-state index in [-0.39, 0.29) is 5.41 Å². The number of rotatable bonds is 6. The van der Waals surface area contributed by atoms with Crippen LogP contribution >= 0.6 is 15.9 Å². The Morgan fingerprint density at radius 2 is 1.94 bits per heavy atom. The van der Waals surface area contributed by atoms with Crippen LogP contribution in [0.3, 0.4) is 0 Å². The van der Waals surface area contributed by atoms with Gasteiger partial charge in [0.05, 0.1) is 12.2 Å². The van der Waals surface area contributed by atoms with Gasteiger partial charge in [-0.1, -0.05) is 41.9 Å². The summed E-state index contributed by atoms with van der Waals surface area (Å²) in [7, 11) is 0. The first kappa shape index (κ1) is 14.1. The van der Waals surface area contributed by atoms with Crippen LogP contribution < -0.4 is 4.74 Å². The van der Waals surface area contributed by atoms with E-state index >= 15 is 0 Å². The van der Waals surface area contributed by atoms with E-state index < -0.39 is 0 Å². The van der Waals surface area contributed by atoms with E-state index in [2.05, 4.69) is 35.8 Å². The van der Waals surface area contributed by atoms with Gasteiger partial charge in [0.1, 0.15) is 11.8 Å². The third-order valence-electron chi connectivity index (χ3n) is 3.32. The summed E-state index contributed by atoms with van der Waals surface area (Å²) in [6.07, 6.45) is 2.12. The third kappa shape index (κ3) is 3.47. The molecule has 0 atom stereocenters. The maximum Gasteiger partial charge on any atom is 0.137 e. The van der Waals surface area contributed by atoms with Crippen molar-refractivity contribution in [2.75, 3.05) is 11.9 Å². The molecule has 0 saturated carbocycles. The molecule has 0 amide bonds. The molecule has 0 heterocycles. The maximum absolute atomic E-state index is 8.98. The first-order valence-electron chi connectivity index (χ1n) is 5.89. The van der Waals surface area contributed by atoms with Gasteiger partial charge in [-0.25, -0.2) is 0 Å². The third-order valence-corrected chi connectivity index (χ3v) is 4.51.